The molecular weight excluding hydrogens is 240 g/mol. The molecule has 2 N–H and O–H groups in total. The third-order valence-electron chi connectivity index (χ3n) is 3.95. The molecule has 18 heavy (non-hydrogen) atoms. The van der Waals surface area contributed by atoms with Crippen LogP contribution in [0.2, 0.25) is 0 Å². The second-order valence-corrected chi connectivity index (χ2v) is 5.96. The van der Waals surface area contributed by atoms with Gasteiger partial charge >= 0.3 is 0 Å². The van der Waals surface area contributed by atoms with Gasteiger partial charge in [-0.15, -0.1) is 0 Å². The van der Waals surface area contributed by atoms with Crippen LogP contribution in [0.15, 0.2) is 0 Å². The first kappa shape index (κ1) is 15.8. The van der Waals surface area contributed by atoms with Crippen LogP contribution in [0.3, 0.4) is 0 Å². The van der Waals surface area contributed by atoms with Gasteiger partial charge in [0.25, 0.3) is 6.43 Å². The summed E-state index contributed by atoms with van der Waals surface area (Å²) < 4.78 is 24.9. The molecule has 0 aromatic carbocycles. The fourth-order valence-electron chi connectivity index (χ4n) is 2.88. The van der Waals surface area contributed by atoms with E-state index in [-0.39, 0.29) is 31.0 Å². The molecule has 108 valence electrons. The molecule has 0 aromatic rings. The van der Waals surface area contributed by atoms with E-state index in [0.717, 1.165) is 19.3 Å². The predicted octanol–water partition coefficient (Wildman–Crippen LogP) is 1.73. The molecule has 3 nitrogen and oxygen atoms in total. The van der Waals surface area contributed by atoms with Gasteiger partial charge in [0.1, 0.15) is 0 Å². The van der Waals surface area contributed by atoms with Crippen molar-refractivity contribution in [2.45, 2.75) is 45.6 Å². The zero-order chi connectivity index (χ0) is 13.8. The van der Waals surface area contributed by atoms with Gasteiger partial charge in [0.05, 0.1) is 19.3 Å². The minimum absolute atomic E-state index is 0.0269. The molecule has 0 spiro atoms. The summed E-state index contributed by atoms with van der Waals surface area (Å²) in [5.41, 5.74) is -0.140. The topological polar surface area (TPSA) is 43.7 Å². The van der Waals surface area contributed by atoms with Gasteiger partial charge in [-0.05, 0) is 24.2 Å². The lowest BCUT2D eigenvalue weighted by Crippen LogP contribution is -2.46. The van der Waals surface area contributed by atoms with E-state index in [2.05, 4.69) is 0 Å². The zero-order valence-corrected chi connectivity index (χ0v) is 11.3. The maximum Gasteiger partial charge on any atom is 0.251 e. The van der Waals surface area contributed by atoms with Crippen molar-refractivity contribution in [1.29, 1.82) is 0 Å². The molecule has 0 bridgehead atoms. The maximum atomic E-state index is 12.4. The van der Waals surface area contributed by atoms with E-state index < -0.39 is 12.5 Å². The minimum Gasteiger partial charge on any atom is -0.395 e. The Hall–Kier alpha value is -0.260. The molecule has 0 amide bonds. The fraction of sp³-hybridized carbons (Fsp3) is 1.00. The molecule has 0 radical (unpaired) electrons. The number of hydrogen-bond donors (Lipinski definition) is 2. The van der Waals surface area contributed by atoms with Crippen LogP contribution in [-0.2, 0) is 0 Å². The average Bonchev–Trinajstić information content (AvgIpc) is 2.24. The van der Waals surface area contributed by atoms with Crippen LogP contribution in [0.4, 0.5) is 8.78 Å². The Labute approximate surface area is 108 Å². The molecule has 2 unspecified atom stereocenters. The molecular formula is C13H25F2NO2. The fourth-order valence-corrected chi connectivity index (χ4v) is 2.88. The monoisotopic (exact) mass is 265 g/mol. The van der Waals surface area contributed by atoms with E-state index in [1.54, 1.807) is 4.90 Å². The third kappa shape index (κ3) is 4.44. The van der Waals surface area contributed by atoms with Crippen molar-refractivity contribution in [3.05, 3.63) is 0 Å². The van der Waals surface area contributed by atoms with Crippen LogP contribution in [0.25, 0.3) is 0 Å². The van der Waals surface area contributed by atoms with Crippen LogP contribution in [0, 0.1) is 11.3 Å². The molecule has 1 aliphatic carbocycles. The average molecular weight is 265 g/mol. The van der Waals surface area contributed by atoms with Crippen molar-refractivity contribution in [3.63, 3.8) is 0 Å². The molecule has 1 saturated carbocycles. The van der Waals surface area contributed by atoms with Crippen molar-refractivity contribution in [3.8, 4) is 0 Å². The molecule has 5 heteroatoms. The van der Waals surface area contributed by atoms with Crippen LogP contribution < -0.4 is 0 Å². The summed E-state index contributed by atoms with van der Waals surface area (Å²) in [6, 6.07) is 0. The molecule has 1 aliphatic rings. The molecule has 0 aliphatic heterocycles. The lowest BCUT2D eigenvalue weighted by atomic mass is 9.69. The Morgan fingerprint density at radius 3 is 2.61 bits per heavy atom. The first-order chi connectivity index (χ1) is 8.36. The SMILES string of the molecule is CC1(C)CCCC(CN(CCO)CC(F)F)C1O. The minimum atomic E-state index is -2.40. The van der Waals surface area contributed by atoms with Gasteiger partial charge in [0, 0.05) is 13.1 Å². The summed E-state index contributed by atoms with van der Waals surface area (Å²) >= 11 is 0. The van der Waals surface area contributed by atoms with E-state index in [1.807, 2.05) is 13.8 Å². The van der Waals surface area contributed by atoms with Crippen LogP contribution in [0.5, 0.6) is 0 Å². The summed E-state index contributed by atoms with van der Waals surface area (Å²) in [6.45, 7) is 4.27. The lowest BCUT2D eigenvalue weighted by molar-refractivity contribution is -0.0486. The second-order valence-electron chi connectivity index (χ2n) is 5.96. The number of aliphatic hydroxyl groups excluding tert-OH is 2. The lowest BCUT2D eigenvalue weighted by Gasteiger charge is -2.42. The van der Waals surface area contributed by atoms with Gasteiger partial charge in [-0.2, -0.15) is 0 Å². The summed E-state index contributed by atoms with van der Waals surface area (Å²) in [4.78, 5) is 1.56. The largest absolute Gasteiger partial charge is 0.395 e. The van der Waals surface area contributed by atoms with Gasteiger partial charge in [0.15, 0.2) is 0 Å². The Morgan fingerprint density at radius 1 is 1.39 bits per heavy atom. The van der Waals surface area contributed by atoms with Gasteiger partial charge in [0.2, 0.25) is 0 Å². The number of nitrogens with zero attached hydrogens (tertiary/aromatic N) is 1. The maximum absolute atomic E-state index is 12.4. The van der Waals surface area contributed by atoms with E-state index in [9.17, 15) is 13.9 Å². The van der Waals surface area contributed by atoms with Crippen LogP contribution in [0.1, 0.15) is 33.1 Å². The van der Waals surface area contributed by atoms with Gasteiger partial charge < -0.3 is 10.2 Å². The van der Waals surface area contributed by atoms with Gasteiger partial charge in [-0.1, -0.05) is 20.3 Å². The summed E-state index contributed by atoms with van der Waals surface area (Å²) in [5.74, 6) is 0.0269. The third-order valence-corrected chi connectivity index (χ3v) is 3.95. The highest BCUT2D eigenvalue weighted by Gasteiger charge is 2.38. The Kier molecular flexibility index (Phi) is 5.95. The standard InChI is InChI=1S/C13H25F2NO2/c1-13(2)5-3-4-10(12(13)18)8-16(6-7-17)9-11(14)15/h10-12,17-18H,3-9H2,1-2H3. The predicted molar refractivity (Wildman–Crippen MR) is 66.7 cm³/mol. The van der Waals surface area contributed by atoms with Crippen molar-refractivity contribution in [1.82, 2.24) is 4.90 Å². The highest BCUT2D eigenvalue weighted by molar-refractivity contribution is 4.89. The first-order valence-corrected chi connectivity index (χ1v) is 6.66. The molecule has 0 heterocycles. The number of rotatable bonds is 6. The van der Waals surface area contributed by atoms with E-state index in [1.165, 1.54) is 0 Å². The van der Waals surface area contributed by atoms with Crippen molar-refractivity contribution in [2.75, 3.05) is 26.2 Å². The second kappa shape index (κ2) is 6.78. The number of hydrogen-bond acceptors (Lipinski definition) is 3. The Morgan fingerprint density at radius 2 is 2.06 bits per heavy atom. The first-order valence-electron chi connectivity index (χ1n) is 6.66. The molecule has 2 atom stereocenters. The van der Waals surface area contributed by atoms with Crippen molar-refractivity contribution in [2.24, 2.45) is 11.3 Å². The summed E-state index contributed by atoms with van der Waals surface area (Å²) in [7, 11) is 0. The molecule has 1 rings (SSSR count). The zero-order valence-electron chi connectivity index (χ0n) is 11.3. The molecule has 0 saturated heterocycles. The number of aliphatic hydroxyl groups is 2. The van der Waals surface area contributed by atoms with Crippen molar-refractivity contribution >= 4 is 0 Å². The normalized spacial score (nSPS) is 28.0. The smallest absolute Gasteiger partial charge is 0.251 e. The van der Waals surface area contributed by atoms with Crippen molar-refractivity contribution < 1.29 is 19.0 Å². The molecule has 1 fully saturated rings. The molecule has 0 aromatic heterocycles. The van der Waals surface area contributed by atoms with Gasteiger partial charge in [-0.3, -0.25) is 4.90 Å². The van der Waals surface area contributed by atoms with E-state index in [4.69, 9.17) is 5.11 Å². The Balaban J connectivity index is 2.56. The quantitative estimate of drug-likeness (QED) is 0.769. The highest BCUT2D eigenvalue weighted by Crippen LogP contribution is 2.39. The van der Waals surface area contributed by atoms with Crippen LogP contribution >= 0.6 is 0 Å². The highest BCUT2D eigenvalue weighted by atomic mass is 19.3. The van der Waals surface area contributed by atoms with Gasteiger partial charge in [-0.25, -0.2) is 8.78 Å². The van der Waals surface area contributed by atoms with E-state index in [0.29, 0.717) is 6.54 Å². The Bertz CT molecular complexity index is 249. The van der Waals surface area contributed by atoms with Crippen LogP contribution in [-0.4, -0.2) is 53.9 Å². The number of halogens is 2. The van der Waals surface area contributed by atoms with E-state index >= 15 is 0 Å². The number of alkyl halides is 2. The summed E-state index contributed by atoms with van der Waals surface area (Å²) in [5, 5.41) is 19.2. The summed E-state index contributed by atoms with van der Waals surface area (Å²) in [6.07, 6.45) is 0.0152.